The number of rotatable bonds is 8. The molecule has 1 heterocycles. The maximum absolute atomic E-state index is 13.1. The van der Waals surface area contributed by atoms with Gasteiger partial charge in [-0.1, -0.05) is 76.0 Å². The summed E-state index contributed by atoms with van der Waals surface area (Å²) in [5.41, 5.74) is 2.99. The third-order valence-corrected chi connectivity index (χ3v) is 6.39. The average molecular weight is 531 g/mol. The van der Waals surface area contributed by atoms with E-state index in [1.165, 1.54) is 4.90 Å². The summed E-state index contributed by atoms with van der Waals surface area (Å²) < 4.78 is 1.63. The minimum absolute atomic E-state index is 0.106. The number of carbonyl (C=O) groups excluding carboxylic acids is 2. The standard InChI is InChI=1S/C27H33Cl2N5O2/c1-6-14-33(26(36)30-22-11-9-8-10-18(22)7-2)17-25(35)31-24-16-23(27(3,4)5)32-34(24)19-12-13-20(28)21(29)15-19/h8-13,15-16H,6-7,14,17H2,1-5H3,(H,30,36)(H,31,35). The Morgan fingerprint density at radius 3 is 2.36 bits per heavy atom. The molecular formula is C27H33Cl2N5O2. The summed E-state index contributed by atoms with van der Waals surface area (Å²) in [6, 6.07) is 14.3. The first-order valence-electron chi connectivity index (χ1n) is 12.0. The summed E-state index contributed by atoms with van der Waals surface area (Å²) in [7, 11) is 0. The van der Waals surface area contributed by atoms with Crippen molar-refractivity contribution in [2.24, 2.45) is 0 Å². The molecule has 0 saturated heterocycles. The van der Waals surface area contributed by atoms with Crippen LogP contribution in [0.15, 0.2) is 48.5 Å². The van der Waals surface area contributed by atoms with Gasteiger partial charge in [-0.3, -0.25) is 4.79 Å². The Kier molecular flexibility index (Phi) is 9.03. The molecule has 7 nitrogen and oxygen atoms in total. The Morgan fingerprint density at radius 2 is 1.72 bits per heavy atom. The van der Waals surface area contributed by atoms with Crippen LogP contribution in [0.3, 0.4) is 0 Å². The second-order valence-corrected chi connectivity index (χ2v) is 10.4. The van der Waals surface area contributed by atoms with E-state index < -0.39 is 0 Å². The Bertz CT molecular complexity index is 1230. The molecule has 0 radical (unpaired) electrons. The molecule has 0 spiro atoms. The number of aromatic nitrogens is 2. The van der Waals surface area contributed by atoms with Gasteiger partial charge in [-0.15, -0.1) is 0 Å². The average Bonchev–Trinajstić information content (AvgIpc) is 3.25. The number of carbonyl (C=O) groups is 2. The number of nitrogens with zero attached hydrogens (tertiary/aromatic N) is 3. The summed E-state index contributed by atoms with van der Waals surface area (Å²) in [5.74, 6) is 0.153. The van der Waals surface area contributed by atoms with Crippen LogP contribution in [0, 0.1) is 0 Å². The lowest BCUT2D eigenvalue weighted by Gasteiger charge is -2.23. The van der Waals surface area contributed by atoms with Crippen LogP contribution < -0.4 is 10.6 Å². The van der Waals surface area contributed by atoms with E-state index in [1.807, 2.05) is 65.0 Å². The lowest BCUT2D eigenvalue weighted by Crippen LogP contribution is -2.41. The van der Waals surface area contributed by atoms with Gasteiger partial charge in [-0.05, 0) is 42.7 Å². The number of aryl methyl sites for hydroxylation is 1. The van der Waals surface area contributed by atoms with Gasteiger partial charge in [0.25, 0.3) is 0 Å². The van der Waals surface area contributed by atoms with Crippen LogP contribution in [0.1, 0.15) is 52.3 Å². The Morgan fingerprint density at radius 1 is 1.00 bits per heavy atom. The first kappa shape index (κ1) is 27.6. The Labute approximate surface area is 222 Å². The second kappa shape index (κ2) is 11.8. The van der Waals surface area contributed by atoms with Crippen molar-refractivity contribution >= 4 is 46.6 Å². The monoisotopic (exact) mass is 529 g/mol. The summed E-state index contributed by atoms with van der Waals surface area (Å²) in [6.45, 7) is 10.5. The van der Waals surface area contributed by atoms with Gasteiger partial charge in [0.15, 0.2) is 0 Å². The molecule has 3 rings (SSSR count). The van der Waals surface area contributed by atoms with Crippen LogP contribution in [0.4, 0.5) is 16.3 Å². The Balaban J connectivity index is 1.83. The SMILES string of the molecule is CCCN(CC(=O)Nc1cc(C(C)(C)C)nn1-c1ccc(Cl)c(Cl)c1)C(=O)Nc1ccccc1CC. The highest BCUT2D eigenvalue weighted by Gasteiger charge is 2.23. The number of hydrogen-bond acceptors (Lipinski definition) is 3. The van der Waals surface area contributed by atoms with E-state index >= 15 is 0 Å². The van der Waals surface area contributed by atoms with Gasteiger partial charge < -0.3 is 15.5 Å². The van der Waals surface area contributed by atoms with Crippen molar-refractivity contribution in [1.29, 1.82) is 0 Å². The summed E-state index contributed by atoms with van der Waals surface area (Å²) in [6.07, 6.45) is 1.50. The van der Waals surface area contributed by atoms with Gasteiger partial charge in [0.2, 0.25) is 5.91 Å². The van der Waals surface area contributed by atoms with Crippen molar-refractivity contribution in [3.8, 4) is 5.69 Å². The molecule has 0 saturated carbocycles. The van der Waals surface area contributed by atoms with Crippen LogP contribution in [0.5, 0.6) is 0 Å². The molecule has 0 aliphatic rings. The molecule has 0 atom stereocenters. The second-order valence-electron chi connectivity index (χ2n) is 9.59. The summed E-state index contributed by atoms with van der Waals surface area (Å²) in [5, 5.41) is 11.4. The lowest BCUT2D eigenvalue weighted by atomic mass is 9.92. The van der Waals surface area contributed by atoms with E-state index in [2.05, 4.69) is 10.6 Å². The van der Waals surface area contributed by atoms with Crippen molar-refractivity contribution < 1.29 is 9.59 Å². The van der Waals surface area contributed by atoms with Gasteiger partial charge in [0, 0.05) is 23.7 Å². The molecule has 9 heteroatoms. The highest BCUT2D eigenvalue weighted by atomic mass is 35.5. The fourth-order valence-corrected chi connectivity index (χ4v) is 3.97. The predicted molar refractivity (Wildman–Crippen MR) is 148 cm³/mol. The fraction of sp³-hybridized carbons (Fsp3) is 0.370. The largest absolute Gasteiger partial charge is 0.322 e. The third-order valence-electron chi connectivity index (χ3n) is 5.65. The molecular weight excluding hydrogens is 497 g/mol. The van der Waals surface area contributed by atoms with Crippen molar-refractivity contribution in [3.05, 3.63) is 69.8 Å². The quantitative estimate of drug-likeness (QED) is 0.332. The molecule has 2 aromatic carbocycles. The van der Waals surface area contributed by atoms with Crippen LogP contribution >= 0.6 is 23.2 Å². The van der Waals surface area contributed by atoms with E-state index in [0.29, 0.717) is 34.5 Å². The normalized spacial score (nSPS) is 11.3. The zero-order chi connectivity index (χ0) is 26.5. The van der Waals surface area contributed by atoms with Crippen LogP contribution in [-0.2, 0) is 16.6 Å². The third kappa shape index (κ3) is 6.80. The predicted octanol–water partition coefficient (Wildman–Crippen LogP) is 6.92. The van der Waals surface area contributed by atoms with E-state index in [4.69, 9.17) is 28.3 Å². The molecule has 2 N–H and O–H groups in total. The highest BCUT2D eigenvalue weighted by molar-refractivity contribution is 6.42. The first-order chi connectivity index (χ1) is 17.0. The van der Waals surface area contributed by atoms with Crippen LogP contribution in [0.25, 0.3) is 5.69 Å². The molecule has 0 unspecified atom stereocenters. The van der Waals surface area contributed by atoms with Gasteiger partial charge in [0.1, 0.15) is 12.4 Å². The van der Waals surface area contributed by atoms with Gasteiger partial charge >= 0.3 is 6.03 Å². The number of nitrogens with one attached hydrogen (secondary N) is 2. The van der Waals surface area contributed by atoms with Gasteiger partial charge in [-0.25, -0.2) is 9.48 Å². The van der Waals surface area contributed by atoms with Crippen molar-refractivity contribution in [2.45, 2.75) is 52.9 Å². The number of halogens is 2. The maximum atomic E-state index is 13.1. The molecule has 3 amide bonds. The minimum atomic E-state index is -0.330. The van der Waals surface area contributed by atoms with Crippen LogP contribution in [-0.4, -0.2) is 39.7 Å². The number of amides is 3. The summed E-state index contributed by atoms with van der Waals surface area (Å²) >= 11 is 12.3. The number of urea groups is 1. The highest BCUT2D eigenvalue weighted by Crippen LogP contribution is 2.29. The number of benzene rings is 2. The first-order valence-corrected chi connectivity index (χ1v) is 12.8. The smallest absolute Gasteiger partial charge is 0.315 e. The van der Waals surface area contributed by atoms with Gasteiger partial charge in [0.05, 0.1) is 21.4 Å². The molecule has 1 aromatic heterocycles. The molecule has 0 bridgehead atoms. The fourth-order valence-electron chi connectivity index (χ4n) is 3.67. The van der Waals surface area contributed by atoms with E-state index in [1.54, 1.807) is 22.9 Å². The summed E-state index contributed by atoms with van der Waals surface area (Å²) in [4.78, 5) is 27.7. The molecule has 192 valence electrons. The Hall–Kier alpha value is -3.03. The molecule has 36 heavy (non-hydrogen) atoms. The zero-order valence-corrected chi connectivity index (χ0v) is 22.9. The lowest BCUT2D eigenvalue weighted by molar-refractivity contribution is -0.116. The molecule has 0 fully saturated rings. The van der Waals surface area contributed by atoms with Gasteiger partial charge in [-0.2, -0.15) is 5.10 Å². The van der Waals surface area contributed by atoms with Crippen molar-refractivity contribution in [3.63, 3.8) is 0 Å². The van der Waals surface area contributed by atoms with Crippen LogP contribution in [0.2, 0.25) is 10.0 Å². The van der Waals surface area contributed by atoms with Crippen molar-refractivity contribution in [2.75, 3.05) is 23.7 Å². The molecule has 0 aliphatic carbocycles. The van der Waals surface area contributed by atoms with E-state index in [-0.39, 0.29) is 23.9 Å². The molecule has 0 aliphatic heterocycles. The maximum Gasteiger partial charge on any atom is 0.322 e. The minimum Gasteiger partial charge on any atom is -0.315 e. The zero-order valence-electron chi connectivity index (χ0n) is 21.4. The topological polar surface area (TPSA) is 79.3 Å². The van der Waals surface area contributed by atoms with Crippen molar-refractivity contribution in [1.82, 2.24) is 14.7 Å². The van der Waals surface area contributed by atoms with E-state index in [0.717, 1.165) is 23.4 Å². The molecule has 3 aromatic rings. The number of hydrogen-bond donors (Lipinski definition) is 2. The number of para-hydroxylation sites is 1. The van der Waals surface area contributed by atoms with E-state index in [9.17, 15) is 9.59 Å². The number of anilines is 2.